The maximum Gasteiger partial charge on any atom is 0.261 e. The van der Waals surface area contributed by atoms with E-state index in [0.29, 0.717) is 11.1 Å². The summed E-state index contributed by atoms with van der Waals surface area (Å²) in [6, 6.07) is 16.7. The zero-order valence-electron chi connectivity index (χ0n) is 15.7. The molecule has 0 bridgehead atoms. The van der Waals surface area contributed by atoms with Crippen molar-refractivity contribution in [2.24, 2.45) is 0 Å². The van der Waals surface area contributed by atoms with Gasteiger partial charge in [0.05, 0.1) is 0 Å². The molecule has 3 aromatic carbocycles. The molecule has 0 amide bonds. The van der Waals surface area contributed by atoms with Crippen molar-refractivity contribution in [2.75, 3.05) is 0 Å². The second kappa shape index (κ2) is 7.85. The van der Waals surface area contributed by atoms with E-state index in [1.54, 1.807) is 13.0 Å². The maximum absolute atomic E-state index is 11.8. The van der Waals surface area contributed by atoms with Crippen LogP contribution < -0.4 is 5.43 Å². The predicted molar refractivity (Wildman–Crippen MR) is 114 cm³/mol. The summed E-state index contributed by atoms with van der Waals surface area (Å²) in [5, 5.41) is 19.7. The highest BCUT2D eigenvalue weighted by molar-refractivity contribution is 5.79. The summed E-state index contributed by atoms with van der Waals surface area (Å²) in [6.45, 7) is 3.82. The van der Waals surface area contributed by atoms with Gasteiger partial charge in [0, 0.05) is 0 Å². The van der Waals surface area contributed by atoms with Crippen LogP contribution in [0, 0.1) is 26.2 Å². The molecular formula is C25H20O3. The topological polar surface area (TPSA) is 57.5 Å². The van der Waals surface area contributed by atoms with Gasteiger partial charge < -0.3 is 10.2 Å². The van der Waals surface area contributed by atoms with Crippen molar-refractivity contribution in [1.29, 1.82) is 0 Å². The van der Waals surface area contributed by atoms with Crippen molar-refractivity contribution in [3.63, 3.8) is 0 Å². The molecule has 0 fully saturated rings. The fraction of sp³-hybridized carbons (Fsp3) is 0.0800. The average Bonchev–Trinajstić information content (AvgIpc) is 2.78. The third kappa shape index (κ3) is 3.67. The van der Waals surface area contributed by atoms with E-state index in [1.165, 1.54) is 12.1 Å². The van der Waals surface area contributed by atoms with Gasteiger partial charge in [0.15, 0.2) is 11.5 Å². The molecule has 0 aliphatic carbocycles. The first-order valence-electron chi connectivity index (χ1n) is 8.82. The number of allylic oxidation sites excluding steroid dienone is 1. The number of benzene rings is 2. The molecule has 2 N–H and O–H groups in total. The van der Waals surface area contributed by atoms with Gasteiger partial charge in [-0.15, -0.1) is 6.42 Å². The van der Waals surface area contributed by atoms with Gasteiger partial charge >= 0.3 is 0 Å². The van der Waals surface area contributed by atoms with Crippen LogP contribution in [0.25, 0.3) is 28.3 Å². The second-order valence-corrected chi connectivity index (χ2v) is 6.60. The molecule has 138 valence electrons. The lowest BCUT2D eigenvalue weighted by Gasteiger charge is -2.11. The molecule has 0 aliphatic heterocycles. The standard InChI is InChI=1S/C25H20O3/c1-4-5-8-20-16(2)7-6-9-21(20)18-10-12-19(13-11-18)22-15-24(27)25(28)23(26)14-17(22)3/h1,5-15H,2-3H3,(H2,26,27,28)/b8-5-. The van der Waals surface area contributed by atoms with Crippen LogP contribution in [-0.4, -0.2) is 10.2 Å². The molecule has 0 spiro atoms. The fourth-order valence-electron chi connectivity index (χ4n) is 3.22. The van der Waals surface area contributed by atoms with Crippen molar-refractivity contribution in [2.45, 2.75) is 13.8 Å². The molecule has 3 nitrogen and oxygen atoms in total. The third-order valence-electron chi connectivity index (χ3n) is 4.70. The average molecular weight is 368 g/mol. The van der Waals surface area contributed by atoms with E-state index in [2.05, 4.69) is 5.92 Å². The number of hydrogen-bond donors (Lipinski definition) is 2. The molecule has 0 aromatic heterocycles. The summed E-state index contributed by atoms with van der Waals surface area (Å²) in [5.74, 6) is 1.57. The lowest BCUT2D eigenvalue weighted by atomic mass is 9.93. The summed E-state index contributed by atoms with van der Waals surface area (Å²) < 4.78 is 0. The molecule has 3 rings (SSSR count). The molecule has 3 heteroatoms. The zero-order chi connectivity index (χ0) is 20.3. The summed E-state index contributed by atoms with van der Waals surface area (Å²) in [7, 11) is 0. The Morgan fingerprint density at radius 3 is 2.11 bits per heavy atom. The van der Waals surface area contributed by atoms with Gasteiger partial charge in [0.2, 0.25) is 0 Å². The van der Waals surface area contributed by atoms with E-state index in [-0.39, 0.29) is 0 Å². The molecular weight excluding hydrogens is 348 g/mol. The van der Waals surface area contributed by atoms with Gasteiger partial charge in [-0.1, -0.05) is 48.4 Å². The van der Waals surface area contributed by atoms with Crippen molar-refractivity contribution < 1.29 is 10.2 Å². The Morgan fingerprint density at radius 2 is 1.46 bits per heavy atom. The Morgan fingerprint density at radius 1 is 0.857 bits per heavy atom. The third-order valence-corrected chi connectivity index (χ3v) is 4.70. The van der Waals surface area contributed by atoms with Crippen molar-refractivity contribution >= 4 is 6.08 Å². The van der Waals surface area contributed by atoms with E-state index in [9.17, 15) is 15.0 Å². The van der Waals surface area contributed by atoms with E-state index in [0.717, 1.165) is 27.8 Å². The SMILES string of the molecule is C#C/C=C\c1c(C)cccc1-c1ccc(-c2cc(O)c(=O)c(O)cc2C)cc1. The zero-order valence-corrected chi connectivity index (χ0v) is 15.7. The second-order valence-electron chi connectivity index (χ2n) is 6.60. The molecule has 0 unspecified atom stereocenters. The van der Waals surface area contributed by atoms with E-state index >= 15 is 0 Å². The van der Waals surface area contributed by atoms with Crippen LogP contribution >= 0.6 is 0 Å². The molecule has 0 radical (unpaired) electrons. The number of hydrogen-bond acceptors (Lipinski definition) is 3. The van der Waals surface area contributed by atoms with Crippen LogP contribution in [-0.2, 0) is 0 Å². The summed E-state index contributed by atoms with van der Waals surface area (Å²) >= 11 is 0. The molecule has 3 aromatic rings. The van der Waals surface area contributed by atoms with Crippen LogP contribution in [0.1, 0.15) is 16.7 Å². The van der Waals surface area contributed by atoms with Crippen LogP contribution in [0.15, 0.2) is 65.5 Å². The Bertz CT molecular complexity index is 1160. The highest BCUT2D eigenvalue weighted by atomic mass is 16.3. The lowest BCUT2D eigenvalue weighted by molar-refractivity contribution is 0.445. The fourth-order valence-corrected chi connectivity index (χ4v) is 3.22. The first-order valence-corrected chi connectivity index (χ1v) is 8.82. The Kier molecular flexibility index (Phi) is 5.33. The van der Waals surface area contributed by atoms with E-state index in [1.807, 2.05) is 55.5 Å². The molecule has 0 saturated carbocycles. The van der Waals surface area contributed by atoms with Gasteiger partial charge in [-0.25, -0.2) is 0 Å². The van der Waals surface area contributed by atoms with Crippen LogP contribution in [0.2, 0.25) is 0 Å². The largest absolute Gasteiger partial charge is 0.504 e. The highest BCUT2D eigenvalue weighted by Gasteiger charge is 2.10. The summed E-state index contributed by atoms with van der Waals surface area (Å²) in [4.78, 5) is 11.8. The Hall–Kier alpha value is -3.77. The molecule has 0 heterocycles. The Labute approximate surface area is 164 Å². The van der Waals surface area contributed by atoms with E-state index in [4.69, 9.17) is 6.42 Å². The molecule has 0 atom stereocenters. The van der Waals surface area contributed by atoms with Crippen molar-refractivity contribution in [3.05, 3.63) is 87.6 Å². The number of aromatic hydroxyl groups is 2. The highest BCUT2D eigenvalue weighted by Crippen LogP contribution is 2.31. The summed E-state index contributed by atoms with van der Waals surface area (Å²) in [5.41, 5.74) is 5.70. The monoisotopic (exact) mass is 368 g/mol. The van der Waals surface area contributed by atoms with Crippen molar-refractivity contribution in [1.82, 2.24) is 0 Å². The number of aryl methyl sites for hydroxylation is 2. The Balaban J connectivity index is 2.11. The van der Waals surface area contributed by atoms with Crippen LogP contribution in [0.3, 0.4) is 0 Å². The van der Waals surface area contributed by atoms with Crippen LogP contribution in [0.4, 0.5) is 0 Å². The lowest BCUT2D eigenvalue weighted by Crippen LogP contribution is -1.94. The molecule has 0 aliphatic rings. The minimum absolute atomic E-state index is 0.470. The first-order chi connectivity index (χ1) is 13.4. The minimum Gasteiger partial charge on any atom is -0.504 e. The number of rotatable bonds is 3. The van der Waals surface area contributed by atoms with Gasteiger partial charge in [-0.3, -0.25) is 4.79 Å². The first kappa shape index (κ1) is 19.0. The number of terminal acetylenes is 1. The normalized spacial score (nSPS) is 10.8. The van der Waals surface area contributed by atoms with Crippen molar-refractivity contribution in [3.8, 4) is 46.1 Å². The summed E-state index contributed by atoms with van der Waals surface area (Å²) in [6.07, 6.45) is 8.97. The molecule has 28 heavy (non-hydrogen) atoms. The van der Waals surface area contributed by atoms with Gasteiger partial charge in [-0.05, 0) is 77.1 Å². The predicted octanol–water partition coefficient (Wildman–Crippen LogP) is 5.06. The minimum atomic E-state index is -0.782. The van der Waals surface area contributed by atoms with Gasteiger partial charge in [-0.2, -0.15) is 0 Å². The molecule has 0 saturated heterocycles. The van der Waals surface area contributed by atoms with E-state index < -0.39 is 16.9 Å². The quantitative estimate of drug-likeness (QED) is 0.636. The smallest absolute Gasteiger partial charge is 0.261 e. The van der Waals surface area contributed by atoms with Gasteiger partial charge in [0.1, 0.15) is 0 Å². The van der Waals surface area contributed by atoms with Gasteiger partial charge in [0.25, 0.3) is 5.43 Å². The maximum atomic E-state index is 11.8. The van der Waals surface area contributed by atoms with Crippen LogP contribution in [0.5, 0.6) is 11.5 Å².